The van der Waals surface area contributed by atoms with Gasteiger partial charge in [-0.1, -0.05) is 0 Å². The Morgan fingerprint density at radius 1 is 1.17 bits per heavy atom. The molecule has 0 aliphatic carbocycles. The second-order valence-corrected chi connectivity index (χ2v) is 4.99. The van der Waals surface area contributed by atoms with Crippen LogP contribution in [0.25, 0.3) is 0 Å². The van der Waals surface area contributed by atoms with Gasteiger partial charge in [-0.2, -0.15) is 10.5 Å². The number of rotatable bonds is 2. The SMILES string of the molecule is COc1ccc(N2CNc3c(C#N)cc(C#N)c(=O)n3C2)cc1. The van der Waals surface area contributed by atoms with Gasteiger partial charge >= 0.3 is 0 Å². The lowest BCUT2D eigenvalue weighted by molar-refractivity contribution is 0.414. The minimum atomic E-state index is -0.410. The summed E-state index contributed by atoms with van der Waals surface area (Å²) in [6.07, 6.45) is 0. The van der Waals surface area contributed by atoms with E-state index >= 15 is 0 Å². The molecule has 0 bridgehead atoms. The molecule has 1 N–H and O–H groups in total. The van der Waals surface area contributed by atoms with E-state index in [4.69, 9.17) is 10.00 Å². The smallest absolute Gasteiger partial charge is 0.271 e. The van der Waals surface area contributed by atoms with Crippen molar-refractivity contribution in [1.82, 2.24) is 4.57 Å². The van der Waals surface area contributed by atoms with Gasteiger partial charge in [0, 0.05) is 5.69 Å². The first-order chi connectivity index (χ1) is 11.2. The molecule has 7 nitrogen and oxygen atoms in total. The van der Waals surface area contributed by atoms with Crippen LogP contribution in [0.3, 0.4) is 0 Å². The fourth-order valence-electron chi connectivity index (χ4n) is 2.51. The van der Waals surface area contributed by atoms with Gasteiger partial charge in [-0.25, -0.2) is 0 Å². The van der Waals surface area contributed by atoms with E-state index in [0.717, 1.165) is 11.4 Å². The molecule has 1 aliphatic heterocycles. The number of nitriles is 2. The first kappa shape index (κ1) is 14.5. The van der Waals surface area contributed by atoms with Crippen molar-refractivity contribution in [2.24, 2.45) is 0 Å². The van der Waals surface area contributed by atoms with E-state index in [-0.39, 0.29) is 17.8 Å². The highest BCUT2D eigenvalue weighted by Gasteiger charge is 2.21. The quantitative estimate of drug-likeness (QED) is 0.902. The zero-order valence-electron chi connectivity index (χ0n) is 12.4. The minimum absolute atomic E-state index is 0.0383. The number of fused-ring (bicyclic) bond motifs is 1. The van der Waals surface area contributed by atoms with Gasteiger partial charge < -0.3 is 15.0 Å². The van der Waals surface area contributed by atoms with Crippen molar-refractivity contribution in [3.63, 3.8) is 0 Å². The van der Waals surface area contributed by atoms with E-state index in [1.165, 1.54) is 10.6 Å². The Morgan fingerprint density at radius 2 is 1.87 bits per heavy atom. The lowest BCUT2D eigenvalue weighted by Gasteiger charge is -2.33. The maximum atomic E-state index is 12.3. The zero-order chi connectivity index (χ0) is 16.4. The number of benzene rings is 1. The largest absolute Gasteiger partial charge is 0.497 e. The van der Waals surface area contributed by atoms with Gasteiger partial charge in [0.15, 0.2) is 0 Å². The lowest BCUT2D eigenvalue weighted by Crippen LogP contribution is -2.43. The van der Waals surface area contributed by atoms with Crippen molar-refractivity contribution in [2.45, 2.75) is 6.67 Å². The molecular formula is C16H13N5O2. The molecule has 23 heavy (non-hydrogen) atoms. The summed E-state index contributed by atoms with van der Waals surface area (Å²) in [4.78, 5) is 14.3. The Bertz CT molecular complexity index is 887. The number of aromatic nitrogens is 1. The van der Waals surface area contributed by atoms with Crippen LogP contribution >= 0.6 is 0 Å². The first-order valence-corrected chi connectivity index (χ1v) is 6.89. The van der Waals surface area contributed by atoms with Crippen LogP contribution in [0.5, 0.6) is 5.75 Å². The van der Waals surface area contributed by atoms with E-state index in [1.54, 1.807) is 7.11 Å². The van der Waals surface area contributed by atoms with E-state index in [2.05, 4.69) is 5.32 Å². The van der Waals surface area contributed by atoms with Gasteiger partial charge in [0.1, 0.15) is 35.9 Å². The van der Waals surface area contributed by atoms with Crippen molar-refractivity contribution in [1.29, 1.82) is 10.5 Å². The van der Waals surface area contributed by atoms with Crippen LogP contribution in [0.1, 0.15) is 11.1 Å². The Balaban J connectivity index is 2.01. The Labute approximate surface area is 132 Å². The summed E-state index contributed by atoms with van der Waals surface area (Å²) in [6.45, 7) is 0.712. The maximum absolute atomic E-state index is 12.3. The monoisotopic (exact) mass is 307 g/mol. The summed E-state index contributed by atoms with van der Waals surface area (Å²) < 4.78 is 6.54. The molecule has 1 aromatic heterocycles. The highest BCUT2D eigenvalue weighted by molar-refractivity contribution is 5.59. The summed E-state index contributed by atoms with van der Waals surface area (Å²) in [5.41, 5.74) is 0.739. The molecular weight excluding hydrogens is 294 g/mol. The van der Waals surface area contributed by atoms with Crippen LogP contribution in [0, 0.1) is 22.7 Å². The van der Waals surface area contributed by atoms with E-state index < -0.39 is 5.56 Å². The summed E-state index contributed by atoms with van der Waals surface area (Å²) >= 11 is 0. The molecule has 1 aliphatic rings. The van der Waals surface area contributed by atoms with E-state index in [0.29, 0.717) is 12.5 Å². The standard InChI is InChI=1S/C16H13N5O2/c1-23-14-4-2-13(3-5-14)20-9-19-15-11(7-17)6-12(8-18)16(22)21(15)10-20/h2-6,19H,9-10H2,1H3. The zero-order valence-corrected chi connectivity index (χ0v) is 12.4. The molecule has 0 unspecified atom stereocenters. The highest BCUT2D eigenvalue weighted by Crippen LogP contribution is 2.24. The molecule has 0 fully saturated rings. The average molecular weight is 307 g/mol. The molecule has 0 spiro atoms. The highest BCUT2D eigenvalue weighted by atomic mass is 16.5. The third-order valence-electron chi connectivity index (χ3n) is 3.72. The summed E-state index contributed by atoms with van der Waals surface area (Å²) in [5.74, 6) is 1.19. The van der Waals surface area contributed by atoms with Crippen LogP contribution < -0.4 is 20.5 Å². The van der Waals surface area contributed by atoms with Gasteiger partial charge in [-0.05, 0) is 30.3 Å². The minimum Gasteiger partial charge on any atom is -0.497 e. The fraction of sp³-hybridized carbons (Fsp3) is 0.188. The van der Waals surface area contributed by atoms with Gasteiger partial charge in [-0.15, -0.1) is 0 Å². The number of methoxy groups -OCH3 is 1. The van der Waals surface area contributed by atoms with Gasteiger partial charge in [-0.3, -0.25) is 9.36 Å². The Kier molecular flexibility index (Phi) is 3.62. The second-order valence-electron chi connectivity index (χ2n) is 4.99. The Morgan fingerprint density at radius 3 is 2.48 bits per heavy atom. The molecule has 1 aromatic carbocycles. The molecule has 7 heteroatoms. The predicted octanol–water partition coefficient (Wildman–Crippen LogP) is 1.45. The lowest BCUT2D eigenvalue weighted by atomic mass is 10.2. The molecule has 0 amide bonds. The van der Waals surface area contributed by atoms with Crippen molar-refractivity contribution in [3.05, 3.63) is 51.8 Å². The number of hydrogen-bond acceptors (Lipinski definition) is 6. The summed E-state index contributed by atoms with van der Waals surface area (Å²) in [5, 5.41) is 21.3. The first-order valence-electron chi connectivity index (χ1n) is 6.89. The maximum Gasteiger partial charge on any atom is 0.271 e. The molecule has 0 saturated heterocycles. The van der Waals surface area contributed by atoms with Crippen molar-refractivity contribution < 1.29 is 4.74 Å². The van der Waals surface area contributed by atoms with Crippen molar-refractivity contribution >= 4 is 11.5 Å². The number of nitrogens with one attached hydrogen (secondary N) is 1. The Hall–Kier alpha value is -3.45. The molecule has 0 radical (unpaired) electrons. The predicted molar refractivity (Wildman–Crippen MR) is 84.1 cm³/mol. The molecule has 2 heterocycles. The second kappa shape index (κ2) is 5.74. The number of pyridine rings is 1. The van der Waals surface area contributed by atoms with E-state index in [9.17, 15) is 10.1 Å². The molecule has 2 aromatic rings. The van der Waals surface area contributed by atoms with Crippen LogP contribution in [0.4, 0.5) is 11.5 Å². The van der Waals surface area contributed by atoms with Gasteiger partial charge in [0.2, 0.25) is 0 Å². The number of ether oxygens (including phenoxy) is 1. The average Bonchev–Trinajstić information content (AvgIpc) is 2.62. The normalized spacial score (nSPS) is 12.6. The molecule has 3 rings (SSSR count). The van der Waals surface area contributed by atoms with Crippen LogP contribution in [0.2, 0.25) is 0 Å². The van der Waals surface area contributed by atoms with E-state index in [1.807, 2.05) is 41.3 Å². The van der Waals surface area contributed by atoms with Crippen LogP contribution in [-0.4, -0.2) is 18.3 Å². The van der Waals surface area contributed by atoms with Crippen molar-refractivity contribution in [2.75, 3.05) is 24.0 Å². The van der Waals surface area contributed by atoms with Crippen molar-refractivity contribution in [3.8, 4) is 17.9 Å². The number of anilines is 2. The van der Waals surface area contributed by atoms with Gasteiger partial charge in [0.05, 0.1) is 19.3 Å². The van der Waals surface area contributed by atoms with Gasteiger partial charge in [0.25, 0.3) is 5.56 Å². The molecule has 114 valence electrons. The van der Waals surface area contributed by atoms with Crippen LogP contribution in [-0.2, 0) is 6.67 Å². The topological polar surface area (TPSA) is 94.1 Å². The number of nitrogens with zero attached hydrogens (tertiary/aromatic N) is 4. The molecule has 0 saturated carbocycles. The van der Waals surface area contributed by atoms with Crippen LogP contribution in [0.15, 0.2) is 35.1 Å². The molecule has 0 atom stereocenters. The summed E-state index contributed by atoms with van der Waals surface area (Å²) in [6, 6.07) is 12.6. The number of hydrogen-bond donors (Lipinski definition) is 1. The third kappa shape index (κ3) is 2.45. The fourth-order valence-corrected chi connectivity index (χ4v) is 2.51. The summed E-state index contributed by atoms with van der Waals surface area (Å²) in [7, 11) is 1.60. The third-order valence-corrected chi connectivity index (χ3v) is 3.72.